The van der Waals surface area contributed by atoms with Gasteiger partial charge in [0.15, 0.2) is 5.65 Å². The van der Waals surface area contributed by atoms with Gasteiger partial charge >= 0.3 is 5.69 Å². The van der Waals surface area contributed by atoms with Crippen LogP contribution in [0.15, 0.2) is 39.8 Å². The number of rotatable bonds is 2. The predicted molar refractivity (Wildman–Crippen MR) is 93.7 cm³/mol. The van der Waals surface area contributed by atoms with Gasteiger partial charge < -0.3 is 14.5 Å². The third-order valence-corrected chi connectivity index (χ3v) is 4.23. The zero-order valence-electron chi connectivity index (χ0n) is 13.9. The Bertz CT molecular complexity index is 1340. The van der Waals surface area contributed by atoms with Crippen LogP contribution in [0, 0.1) is 13.8 Å². The van der Waals surface area contributed by atoms with Gasteiger partial charge in [-0.25, -0.2) is 14.3 Å². The van der Waals surface area contributed by atoms with Crippen molar-refractivity contribution in [1.82, 2.24) is 34.7 Å². The van der Waals surface area contributed by atoms with Crippen LogP contribution in [-0.2, 0) is 0 Å². The van der Waals surface area contributed by atoms with E-state index >= 15 is 0 Å². The highest BCUT2D eigenvalue weighted by molar-refractivity contribution is 5.89. The Morgan fingerprint density at radius 2 is 2.00 bits per heavy atom. The van der Waals surface area contributed by atoms with Crippen molar-refractivity contribution in [3.63, 3.8) is 0 Å². The second kappa shape index (κ2) is 5.12. The van der Waals surface area contributed by atoms with E-state index in [2.05, 4.69) is 30.2 Å². The first-order chi connectivity index (χ1) is 12.6. The molecule has 0 fully saturated rings. The average Bonchev–Trinajstić information content (AvgIpc) is 3.30. The summed E-state index contributed by atoms with van der Waals surface area (Å²) < 4.78 is 7.18. The summed E-state index contributed by atoms with van der Waals surface area (Å²) in [6.07, 6.45) is 1.67. The Hall–Kier alpha value is -3.75. The predicted octanol–water partition coefficient (Wildman–Crippen LogP) is 2.23. The second-order valence-electron chi connectivity index (χ2n) is 6.06. The van der Waals surface area contributed by atoms with Crippen molar-refractivity contribution in [3.8, 4) is 22.8 Å². The molecule has 0 saturated carbocycles. The Kier molecular flexibility index (Phi) is 2.87. The highest BCUT2D eigenvalue weighted by Crippen LogP contribution is 2.28. The third-order valence-electron chi connectivity index (χ3n) is 4.23. The number of hydrogen-bond acceptors (Lipinski definition) is 6. The quantitative estimate of drug-likeness (QED) is 0.505. The number of benzene rings is 1. The summed E-state index contributed by atoms with van der Waals surface area (Å²) in [6.45, 7) is 3.89. The maximum atomic E-state index is 11.6. The Morgan fingerprint density at radius 3 is 2.88 bits per heavy atom. The zero-order chi connectivity index (χ0) is 17.8. The number of aryl methyl sites for hydroxylation is 2. The molecule has 128 valence electrons. The lowest BCUT2D eigenvalue weighted by Crippen LogP contribution is -1.99. The van der Waals surface area contributed by atoms with Gasteiger partial charge in [-0.15, -0.1) is 0 Å². The number of hydrogen-bond donors (Lipinski definition) is 2. The van der Waals surface area contributed by atoms with Crippen LogP contribution in [-0.4, -0.2) is 34.7 Å². The van der Waals surface area contributed by atoms with Gasteiger partial charge in [0, 0.05) is 11.4 Å². The fourth-order valence-electron chi connectivity index (χ4n) is 3.11. The average molecular weight is 347 g/mol. The lowest BCUT2D eigenvalue weighted by molar-refractivity contribution is 0.432. The van der Waals surface area contributed by atoms with Crippen LogP contribution >= 0.6 is 0 Å². The van der Waals surface area contributed by atoms with Crippen LogP contribution in [0.2, 0.25) is 0 Å². The number of nitrogens with zero attached hydrogens (tertiary/aromatic N) is 5. The van der Waals surface area contributed by atoms with Gasteiger partial charge in [0.1, 0.15) is 0 Å². The molecular formula is C17H13N7O2. The molecule has 0 aliphatic carbocycles. The number of nitrogens with one attached hydrogen (secondary N) is 2. The molecule has 5 aromatic rings. The minimum Gasteiger partial charge on any atom is -0.334 e. The largest absolute Gasteiger partial charge is 0.334 e. The molecule has 0 atom stereocenters. The van der Waals surface area contributed by atoms with Crippen molar-refractivity contribution in [1.29, 1.82) is 0 Å². The molecule has 0 spiro atoms. The maximum absolute atomic E-state index is 11.6. The zero-order valence-corrected chi connectivity index (χ0v) is 13.9. The first kappa shape index (κ1) is 14.6. The monoisotopic (exact) mass is 347 g/mol. The molecule has 0 amide bonds. The summed E-state index contributed by atoms with van der Waals surface area (Å²) in [5, 5.41) is 8.43. The molecule has 26 heavy (non-hydrogen) atoms. The van der Waals surface area contributed by atoms with Crippen LogP contribution in [0.3, 0.4) is 0 Å². The minimum absolute atomic E-state index is 0.287. The van der Waals surface area contributed by atoms with Crippen LogP contribution < -0.4 is 5.69 Å². The van der Waals surface area contributed by atoms with Crippen molar-refractivity contribution in [3.05, 3.63) is 52.3 Å². The van der Waals surface area contributed by atoms with E-state index in [1.165, 1.54) is 0 Å². The first-order valence-electron chi connectivity index (χ1n) is 7.97. The van der Waals surface area contributed by atoms with Gasteiger partial charge in [-0.1, -0.05) is 11.2 Å². The number of imidazole rings is 1. The number of aromatic amines is 2. The maximum Gasteiger partial charge on any atom is 0.323 e. The molecule has 9 nitrogen and oxygen atoms in total. The van der Waals surface area contributed by atoms with Gasteiger partial charge in [0.25, 0.3) is 5.89 Å². The molecule has 1 aromatic carbocycles. The first-order valence-corrected chi connectivity index (χ1v) is 7.97. The van der Waals surface area contributed by atoms with E-state index in [-0.39, 0.29) is 5.69 Å². The molecule has 2 N–H and O–H groups in total. The highest BCUT2D eigenvalue weighted by Gasteiger charge is 2.18. The van der Waals surface area contributed by atoms with E-state index in [1.54, 1.807) is 16.8 Å². The smallest absolute Gasteiger partial charge is 0.323 e. The summed E-state index contributed by atoms with van der Waals surface area (Å²) in [6, 6.07) is 7.38. The van der Waals surface area contributed by atoms with Gasteiger partial charge in [-0.05, 0) is 32.0 Å². The number of para-hydroxylation sites is 1. The summed E-state index contributed by atoms with van der Waals surface area (Å²) in [7, 11) is 0. The number of H-pyrrole nitrogens is 2. The van der Waals surface area contributed by atoms with Crippen molar-refractivity contribution in [2.45, 2.75) is 13.8 Å². The molecule has 0 unspecified atom stereocenters. The number of aromatic nitrogens is 7. The van der Waals surface area contributed by atoms with E-state index in [0.29, 0.717) is 39.5 Å². The van der Waals surface area contributed by atoms with Gasteiger partial charge in [0.05, 0.1) is 28.4 Å². The molecule has 0 bridgehead atoms. The Labute approximate surface area is 145 Å². The van der Waals surface area contributed by atoms with Crippen LogP contribution in [0.4, 0.5) is 0 Å². The van der Waals surface area contributed by atoms with Gasteiger partial charge in [-0.2, -0.15) is 10.1 Å². The minimum atomic E-state index is -0.287. The molecule has 4 heterocycles. The molecule has 5 rings (SSSR count). The van der Waals surface area contributed by atoms with E-state index in [4.69, 9.17) is 4.52 Å². The lowest BCUT2D eigenvalue weighted by Gasteiger charge is -2.00. The normalized spacial score (nSPS) is 11.6. The standard InChI is InChI=1S/C17H13N7O2/c1-8-6-9(2)24-15(19-8)11(7-18-24)14-22-16(26-23-14)10-4-3-5-12-13(10)21-17(25)20-12/h3-7H,1-2H3,(H2,20,21,25). The van der Waals surface area contributed by atoms with Crippen LogP contribution in [0.25, 0.3) is 39.5 Å². The summed E-state index contributed by atoms with van der Waals surface area (Å²) in [5.74, 6) is 0.701. The van der Waals surface area contributed by atoms with E-state index < -0.39 is 0 Å². The molecular weight excluding hydrogens is 334 g/mol. The molecule has 0 saturated heterocycles. The summed E-state index contributed by atoms with van der Waals surface area (Å²) >= 11 is 0. The lowest BCUT2D eigenvalue weighted by atomic mass is 10.2. The summed E-state index contributed by atoms with van der Waals surface area (Å²) in [4.78, 5) is 26.1. The summed E-state index contributed by atoms with van der Waals surface area (Å²) in [5.41, 5.74) is 4.87. The second-order valence-corrected chi connectivity index (χ2v) is 6.06. The van der Waals surface area contributed by atoms with E-state index in [1.807, 2.05) is 32.0 Å². The van der Waals surface area contributed by atoms with E-state index in [9.17, 15) is 4.79 Å². The molecule has 9 heteroatoms. The highest BCUT2D eigenvalue weighted by atomic mass is 16.5. The van der Waals surface area contributed by atoms with Gasteiger partial charge in [-0.3, -0.25) is 0 Å². The molecule has 0 aliphatic rings. The topological polar surface area (TPSA) is 118 Å². The third kappa shape index (κ3) is 2.07. The van der Waals surface area contributed by atoms with Crippen molar-refractivity contribution in [2.75, 3.05) is 0 Å². The van der Waals surface area contributed by atoms with Crippen molar-refractivity contribution in [2.24, 2.45) is 0 Å². The van der Waals surface area contributed by atoms with E-state index in [0.717, 1.165) is 11.4 Å². The SMILES string of the molecule is Cc1cc(C)n2ncc(-c3noc(-c4cccc5[nH]c(=O)[nH]c45)n3)c2n1. The fraction of sp³-hybridized carbons (Fsp3) is 0.118. The van der Waals surface area contributed by atoms with Crippen molar-refractivity contribution >= 4 is 16.7 Å². The van der Waals surface area contributed by atoms with Crippen LogP contribution in [0.1, 0.15) is 11.4 Å². The Morgan fingerprint density at radius 1 is 1.12 bits per heavy atom. The Balaban J connectivity index is 1.68. The van der Waals surface area contributed by atoms with Crippen molar-refractivity contribution < 1.29 is 4.52 Å². The molecule has 0 aliphatic heterocycles. The van der Waals surface area contributed by atoms with Crippen LogP contribution in [0.5, 0.6) is 0 Å². The molecule has 0 radical (unpaired) electrons. The fourth-order valence-corrected chi connectivity index (χ4v) is 3.11. The van der Waals surface area contributed by atoms with Gasteiger partial charge in [0.2, 0.25) is 5.82 Å². The number of fused-ring (bicyclic) bond motifs is 2. The molecule has 4 aromatic heterocycles.